The molecule has 0 aliphatic rings. The van der Waals surface area contributed by atoms with Crippen LogP contribution in [0.25, 0.3) is 16.6 Å². The van der Waals surface area contributed by atoms with Crippen molar-refractivity contribution in [2.75, 3.05) is 0 Å². The number of hydrogen-bond donors (Lipinski definition) is 0. The van der Waals surface area contributed by atoms with Gasteiger partial charge in [-0.1, -0.05) is 38.1 Å². The molecule has 1 aromatic carbocycles. The SMILES string of the molecule is Cc1c(C(C)C)c2ccccc2c(=O)n1-c1ccccn1. The lowest BCUT2D eigenvalue weighted by atomic mass is 9.95. The molecule has 0 unspecified atom stereocenters. The van der Waals surface area contributed by atoms with Gasteiger partial charge in [-0.05, 0) is 42.0 Å². The molecule has 2 heterocycles. The molecule has 0 bridgehead atoms. The number of nitrogens with zero attached hydrogens (tertiary/aromatic N) is 2. The van der Waals surface area contributed by atoms with Gasteiger partial charge < -0.3 is 0 Å². The first kappa shape index (κ1) is 13.6. The van der Waals surface area contributed by atoms with Crippen molar-refractivity contribution in [3.8, 4) is 5.82 Å². The highest BCUT2D eigenvalue weighted by atomic mass is 16.1. The average Bonchev–Trinajstić information content (AvgIpc) is 2.48. The standard InChI is InChI=1S/C18H18N2O/c1-12(2)17-13(3)20(16-10-6-7-11-19-16)18(21)15-9-5-4-8-14(15)17/h4-12H,1-3H3. The predicted octanol–water partition coefficient (Wildman–Crippen LogP) is 3.82. The lowest BCUT2D eigenvalue weighted by Crippen LogP contribution is -2.23. The van der Waals surface area contributed by atoms with Crippen molar-refractivity contribution in [3.05, 3.63) is 70.3 Å². The minimum absolute atomic E-state index is 0.00815. The van der Waals surface area contributed by atoms with E-state index in [1.54, 1.807) is 10.8 Å². The average molecular weight is 278 g/mol. The van der Waals surface area contributed by atoms with Crippen LogP contribution in [-0.2, 0) is 0 Å². The van der Waals surface area contributed by atoms with E-state index in [9.17, 15) is 4.79 Å². The molecule has 21 heavy (non-hydrogen) atoms. The van der Waals surface area contributed by atoms with E-state index < -0.39 is 0 Å². The summed E-state index contributed by atoms with van der Waals surface area (Å²) < 4.78 is 1.72. The zero-order valence-electron chi connectivity index (χ0n) is 12.5. The minimum atomic E-state index is -0.00815. The molecular formula is C18H18N2O. The van der Waals surface area contributed by atoms with E-state index >= 15 is 0 Å². The first-order chi connectivity index (χ1) is 10.1. The molecular weight excluding hydrogens is 260 g/mol. The molecule has 3 rings (SSSR count). The third-order valence-electron chi connectivity index (χ3n) is 3.83. The number of rotatable bonds is 2. The van der Waals surface area contributed by atoms with Gasteiger partial charge in [-0.25, -0.2) is 4.98 Å². The molecule has 0 N–H and O–H groups in total. The summed E-state index contributed by atoms with van der Waals surface area (Å²) in [4.78, 5) is 17.2. The largest absolute Gasteiger partial charge is 0.268 e. The summed E-state index contributed by atoms with van der Waals surface area (Å²) in [5.74, 6) is 1.01. The second-order valence-electron chi connectivity index (χ2n) is 5.53. The second-order valence-corrected chi connectivity index (χ2v) is 5.53. The van der Waals surface area contributed by atoms with Gasteiger partial charge in [0, 0.05) is 17.3 Å². The predicted molar refractivity (Wildman–Crippen MR) is 86.2 cm³/mol. The highest BCUT2D eigenvalue weighted by Gasteiger charge is 2.17. The summed E-state index contributed by atoms with van der Waals surface area (Å²) in [7, 11) is 0. The maximum atomic E-state index is 12.8. The van der Waals surface area contributed by atoms with E-state index in [1.807, 2.05) is 49.4 Å². The Balaban J connectivity index is 2.49. The van der Waals surface area contributed by atoms with Crippen LogP contribution in [0.4, 0.5) is 0 Å². The maximum Gasteiger partial charge on any atom is 0.264 e. The highest BCUT2D eigenvalue weighted by Crippen LogP contribution is 2.27. The number of aromatic nitrogens is 2. The molecule has 2 aromatic heterocycles. The normalized spacial score (nSPS) is 11.2. The van der Waals surface area contributed by atoms with Gasteiger partial charge in [0.2, 0.25) is 0 Å². The molecule has 3 aromatic rings. The van der Waals surface area contributed by atoms with Crippen LogP contribution in [0, 0.1) is 6.92 Å². The van der Waals surface area contributed by atoms with Gasteiger partial charge in [0.25, 0.3) is 5.56 Å². The highest BCUT2D eigenvalue weighted by molar-refractivity contribution is 5.86. The molecule has 3 nitrogen and oxygen atoms in total. The number of pyridine rings is 2. The van der Waals surface area contributed by atoms with Gasteiger partial charge in [-0.2, -0.15) is 0 Å². The van der Waals surface area contributed by atoms with Crippen molar-refractivity contribution >= 4 is 10.8 Å². The van der Waals surface area contributed by atoms with Crippen LogP contribution in [0.2, 0.25) is 0 Å². The zero-order valence-corrected chi connectivity index (χ0v) is 12.5. The van der Waals surface area contributed by atoms with Gasteiger partial charge in [0.05, 0.1) is 0 Å². The Hall–Kier alpha value is -2.42. The van der Waals surface area contributed by atoms with Gasteiger partial charge >= 0.3 is 0 Å². The topological polar surface area (TPSA) is 34.9 Å². The molecule has 0 saturated carbocycles. The van der Waals surface area contributed by atoms with Crippen LogP contribution in [0.1, 0.15) is 31.0 Å². The third kappa shape index (κ3) is 2.15. The fraction of sp³-hybridized carbons (Fsp3) is 0.222. The number of hydrogen-bond acceptors (Lipinski definition) is 2. The Labute approximate surface area is 123 Å². The van der Waals surface area contributed by atoms with Crippen LogP contribution in [0.15, 0.2) is 53.5 Å². The fourth-order valence-electron chi connectivity index (χ4n) is 2.98. The summed E-state index contributed by atoms with van der Waals surface area (Å²) in [5.41, 5.74) is 2.16. The minimum Gasteiger partial charge on any atom is -0.268 e. The summed E-state index contributed by atoms with van der Waals surface area (Å²) in [5, 5.41) is 1.79. The lowest BCUT2D eigenvalue weighted by molar-refractivity contribution is 0.813. The van der Waals surface area contributed by atoms with Gasteiger partial charge in [-0.15, -0.1) is 0 Å². The van der Waals surface area contributed by atoms with Crippen LogP contribution in [0.3, 0.4) is 0 Å². The number of fused-ring (bicyclic) bond motifs is 1. The Morgan fingerprint density at radius 2 is 1.67 bits per heavy atom. The van der Waals surface area contributed by atoms with E-state index in [-0.39, 0.29) is 5.56 Å². The van der Waals surface area contributed by atoms with Crippen molar-refractivity contribution < 1.29 is 0 Å². The molecule has 0 radical (unpaired) electrons. The van der Waals surface area contributed by atoms with Crippen molar-refractivity contribution in [3.63, 3.8) is 0 Å². The molecule has 0 aliphatic carbocycles. The smallest absolute Gasteiger partial charge is 0.264 e. The molecule has 0 fully saturated rings. The Morgan fingerprint density at radius 1 is 1.00 bits per heavy atom. The van der Waals surface area contributed by atoms with E-state index in [0.717, 1.165) is 16.5 Å². The van der Waals surface area contributed by atoms with E-state index in [2.05, 4.69) is 18.8 Å². The summed E-state index contributed by atoms with van der Waals surface area (Å²) in [6, 6.07) is 13.4. The third-order valence-corrected chi connectivity index (χ3v) is 3.83. The monoisotopic (exact) mass is 278 g/mol. The van der Waals surface area contributed by atoms with Crippen LogP contribution >= 0.6 is 0 Å². The van der Waals surface area contributed by atoms with Crippen LogP contribution in [-0.4, -0.2) is 9.55 Å². The molecule has 0 aliphatic heterocycles. The quantitative estimate of drug-likeness (QED) is 0.714. The van der Waals surface area contributed by atoms with Crippen molar-refractivity contribution in [2.45, 2.75) is 26.7 Å². The van der Waals surface area contributed by atoms with E-state index in [0.29, 0.717) is 11.7 Å². The maximum absolute atomic E-state index is 12.8. The van der Waals surface area contributed by atoms with Crippen LogP contribution in [0.5, 0.6) is 0 Å². The van der Waals surface area contributed by atoms with Crippen LogP contribution < -0.4 is 5.56 Å². The molecule has 106 valence electrons. The van der Waals surface area contributed by atoms with Crippen molar-refractivity contribution in [1.82, 2.24) is 9.55 Å². The molecule has 3 heteroatoms. The first-order valence-electron chi connectivity index (χ1n) is 7.17. The first-order valence-corrected chi connectivity index (χ1v) is 7.17. The van der Waals surface area contributed by atoms with E-state index in [1.165, 1.54) is 5.56 Å². The Bertz CT molecular complexity index is 848. The summed E-state index contributed by atoms with van der Waals surface area (Å²) in [6.07, 6.45) is 1.71. The number of benzene rings is 1. The summed E-state index contributed by atoms with van der Waals surface area (Å²) in [6.45, 7) is 6.31. The fourth-order valence-corrected chi connectivity index (χ4v) is 2.98. The molecule has 0 spiro atoms. The Kier molecular flexibility index (Phi) is 3.34. The van der Waals surface area contributed by atoms with Crippen molar-refractivity contribution in [2.24, 2.45) is 0 Å². The lowest BCUT2D eigenvalue weighted by Gasteiger charge is -2.18. The molecule has 0 saturated heterocycles. The molecule has 0 amide bonds. The van der Waals surface area contributed by atoms with Gasteiger partial charge in [-0.3, -0.25) is 9.36 Å². The Morgan fingerprint density at radius 3 is 2.29 bits per heavy atom. The van der Waals surface area contributed by atoms with Gasteiger partial charge in [0.1, 0.15) is 5.82 Å². The van der Waals surface area contributed by atoms with Crippen molar-refractivity contribution in [1.29, 1.82) is 0 Å². The summed E-state index contributed by atoms with van der Waals surface area (Å²) >= 11 is 0. The zero-order chi connectivity index (χ0) is 15.0. The van der Waals surface area contributed by atoms with E-state index in [4.69, 9.17) is 0 Å². The second kappa shape index (κ2) is 5.17. The molecule has 0 atom stereocenters. The van der Waals surface area contributed by atoms with Gasteiger partial charge in [0.15, 0.2) is 0 Å².